The van der Waals surface area contributed by atoms with Gasteiger partial charge in [0.15, 0.2) is 0 Å². The molecule has 0 fully saturated rings. The summed E-state index contributed by atoms with van der Waals surface area (Å²) in [5.74, 6) is 0.0938. The van der Waals surface area contributed by atoms with Gasteiger partial charge in [-0.15, -0.1) is 0 Å². The summed E-state index contributed by atoms with van der Waals surface area (Å²) in [6, 6.07) is 4.73. The molecule has 3 nitrogen and oxygen atoms in total. The highest BCUT2D eigenvalue weighted by Crippen LogP contribution is 2.17. The first-order chi connectivity index (χ1) is 8.88. The number of benzene rings is 1. The second-order valence-corrected chi connectivity index (χ2v) is 5.29. The van der Waals surface area contributed by atoms with E-state index in [-0.39, 0.29) is 17.9 Å². The number of anilines is 1. The molecule has 0 bridgehead atoms. The lowest BCUT2D eigenvalue weighted by atomic mass is 9.95. The average Bonchev–Trinajstić information content (AvgIpc) is 2.33. The van der Waals surface area contributed by atoms with Crippen LogP contribution in [0.4, 0.5) is 10.1 Å². The third-order valence-electron chi connectivity index (χ3n) is 3.09. The molecule has 0 amide bonds. The van der Waals surface area contributed by atoms with Crippen LogP contribution in [0.25, 0.3) is 0 Å². The molecule has 19 heavy (non-hydrogen) atoms. The first-order valence-electron chi connectivity index (χ1n) is 6.24. The van der Waals surface area contributed by atoms with Crippen LogP contribution in [0.1, 0.15) is 30.5 Å². The molecule has 0 unspecified atom stereocenters. The van der Waals surface area contributed by atoms with Crippen molar-refractivity contribution in [1.82, 2.24) is 0 Å². The van der Waals surface area contributed by atoms with Crippen LogP contribution >= 0.6 is 0 Å². The average molecular weight is 261 g/mol. The summed E-state index contributed by atoms with van der Waals surface area (Å²) < 4.78 is 13.5. The summed E-state index contributed by atoms with van der Waals surface area (Å²) in [4.78, 5) is 22.4. The van der Waals surface area contributed by atoms with Crippen molar-refractivity contribution in [3.05, 3.63) is 61.2 Å². The molecule has 0 heterocycles. The summed E-state index contributed by atoms with van der Waals surface area (Å²) in [5.41, 5.74) is 6.17. The van der Waals surface area contributed by atoms with Gasteiger partial charge in [-0.05, 0) is 35.6 Å². The van der Waals surface area contributed by atoms with Gasteiger partial charge in [-0.1, -0.05) is 19.9 Å². The van der Waals surface area contributed by atoms with Crippen molar-refractivity contribution in [1.29, 1.82) is 0 Å². The Balaban J connectivity index is 2.28. The normalized spacial score (nSPS) is 11.4. The highest BCUT2D eigenvalue weighted by molar-refractivity contribution is 5.54. The maximum Gasteiger partial charge on any atom is 0.249 e. The van der Waals surface area contributed by atoms with Crippen LogP contribution in [0.15, 0.2) is 27.8 Å². The number of hydrogen-bond acceptors (Lipinski definition) is 3. The van der Waals surface area contributed by atoms with Crippen LogP contribution in [-0.4, -0.2) is 0 Å². The monoisotopic (exact) mass is 261 g/mol. The molecule has 100 valence electrons. The van der Waals surface area contributed by atoms with Crippen molar-refractivity contribution in [2.75, 3.05) is 5.73 Å². The largest absolute Gasteiger partial charge is 0.395 e. The first-order valence-corrected chi connectivity index (χ1v) is 6.24. The fourth-order valence-electron chi connectivity index (χ4n) is 2.24. The fraction of sp³-hybridized carbons (Fsp3) is 0.333. The fourth-order valence-corrected chi connectivity index (χ4v) is 2.24. The summed E-state index contributed by atoms with van der Waals surface area (Å²) in [7, 11) is 0. The van der Waals surface area contributed by atoms with E-state index in [0.717, 1.165) is 12.0 Å². The Labute approximate surface area is 110 Å². The van der Waals surface area contributed by atoms with E-state index in [1.54, 1.807) is 0 Å². The summed E-state index contributed by atoms with van der Waals surface area (Å²) >= 11 is 0. The highest BCUT2D eigenvalue weighted by Gasteiger charge is 2.18. The molecule has 0 aromatic heterocycles. The van der Waals surface area contributed by atoms with Crippen molar-refractivity contribution in [3.63, 3.8) is 0 Å². The molecule has 2 aromatic rings. The van der Waals surface area contributed by atoms with E-state index in [4.69, 9.17) is 5.73 Å². The van der Waals surface area contributed by atoms with Gasteiger partial charge >= 0.3 is 0 Å². The van der Waals surface area contributed by atoms with Gasteiger partial charge in [0, 0.05) is 12.0 Å². The number of nitrogens with two attached hydrogens (primary N) is 1. The molecule has 0 saturated heterocycles. The molecular formula is C15H16FNO2. The number of nitrogen functional groups attached to an aromatic ring is 1. The Morgan fingerprint density at radius 3 is 2.32 bits per heavy atom. The predicted octanol–water partition coefficient (Wildman–Crippen LogP) is 1.79. The lowest BCUT2D eigenvalue weighted by Crippen LogP contribution is -2.38. The molecule has 0 aliphatic rings. The van der Waals surface area contributed by atoms with Crippen molar-refractivity contribution in [2.45, 2.75) is 26.7 Å². The zero-order valence-corrected chi connectivity index (χ0v) is 11.0. The van der Waals surface area contributed by atoms with E-state index in [1.165, 1.54) is 12.1 Å². The topological polar surface area (TPSA) is 60.2 Å². The Bertz CT molecular complexity index is 682. The minimum atomic E-state index is -0.631. The van der Waals surface area contributed by atoms with Crippen molar-refractivity contribution in [3.8, 4) is 0 Å². The van der Waals surface area contributed by atoms with Crippen molar-refractivity contribution >= 4 is 5.69 Å². The molecule has 0 spiro atoms. The lowest BCUT2D eigenvalue weighted by molar-refractivity contribution is 0.611. The quantitative estimate of drug-likeness (QED) is 0.854. The zero-order valence-electron chi connectivity index (χ0n) is 11.0. The maximum absolute atomic E-state index is 13.5. The van der Waals surface area contributed by atoms with Gasteiger partial charge < -0.3 is 5.73 Å². The maximum atomic E-state index is 13.5. The van der Waals surface area contributed by atoms with Gasteiger partial charge in [0.2, 0.25) is 10.9 Å². The Morgan fingerprint density at radius 2 is 1.74 bits per heavy atom. The van der Waals surface area contributed by atoms with E-state index in [0.29, 0.717) is 17.0 Å². The summed E-state index contributed by atoms with van der Waals surface area (Å²) in [5, 5.41) is 0. The molecule has 0 aliphatic heterocycles. The van der Waals surface area contributed by atoms with Crippen LogP contribution in [0, 0.1) is 11.7 Å². The van der Waals surface area contributed by atoms with Gasteiger partial charge in [0.05, 0.1) is 5.69 Å². The minimum absolute atomic E-state index is 0.0136. The van der Waals surface area contributed by atoms with Crippen LogP contribution < -0.4 is 16.6 Å². The number of rotatable bonds is 4. The molecule has 2 N–H and O–H groups in total. The smallest absolute Gasteiger partial charge is 0.249 e. The van der Waals surface area contributed by atoms with E-state index in [1.807, 2.05) is 6.07 Å². The predicted molar refractivity (Wildman–Crippen MR) is 73.5 cm³/mol. The van der Waals surface area contributed by atoms with Crippen LogP contribution in [-0.2, 0) is 12.8 Å². The Kier molecular flexibility index (Phi) is 3.51. The van der Waals surface area contributed by atoms with E-state index in [2.05, 4.69) is 13.8 Å². The number of halogens is 1. The second-order valence-electron chi connectivity index (χ2n) is 5.29. The van der Waals surface area contributed by atoms with E-state index >= 15 is 0 Å². The molecule has 0 radical (unpaired) electrons. The van der Waals surface area contributed by atoms with Crippen LogP contribution in [0.2, 0.25) is 0 Å². The van der Waals surface area contributed by atoms with Gasteiger partial charge in [-0.3, -0.25) is 9.59 Å². The minimum Gasteiger partial charge on any atom is -0.395 e. The summed E-state index contributed by atoms with van der Waals surface area (Å²) in [6.45, 7) is 4.11. The standard InChI is InChI=1S/C15H16FNO2/c1-8(2)3-9-4-10(6-11(16)5-9)7-12-13(17)15(19)14(12)18/h4-6,8H,3,7,17H2,1-2H3. The Morgan fingerprint density at radius 1 is 1.11 bits per heavy atom. The summed E-state index contributed by atoms with van der Waals surface area (Å²) in [6.07, 6.45) is 0.991. The first kappa shape index (κ1) is 13.5. The van der Waals surface area contributed by atoms with Gasteiger partial charge in [0.25, 0.3) is 0 Å². The Hall–Kier alpha value is -1.97. The van der Waals surface area contributed by atoms with Gasteiger partial charge in [-0.25, -0.2) is 4.39 Å². The lowest BCUT2D eigenvalue weighted by Gasteiger charge is -2.10. The van der Waals surface area contributed by atoms with Gasteiger partial charge in [0.1, 0.15) is 5.82 Å². The second kappa shape index (κ2) is 4.96. The highest BCUT2D eigenvalue weighted by atomic mass is 19.1. The van der Waals surface area contributed by atoms with E-state index in [9.17, 15) is 14.0 Å². The number of hydrogen-bond donors (Lipinski definition) is 1. The molecular weight excluding hydrogens is 245 g/mol. The molecule has 0 saturated carbocycles. The molecule has 0 atom stereocenters. The van der Waals surface area contributed by atoms with Crippen LogP contribution in [0.3, 0.4) is 0 Å². The van der Waals surface area contributed by atoms with Crippen LogP contribution in [0.5, 0.6) is 0 Å². The van der Waals surface area contributed by atoms with Gasteiger partial charge in [-0.2, -0.15) is 0 Å². The van der Waals surface area contributed by atoms with Crippen molar-refractivity contribution < 1.29 is 4.39 Å². The third kappa shape index (κ3) is 2.72. The zero-order chi connectivity index (χ0) is 14.2. The molecule has 0 aliphatic carbocycles. The van der Waals surface area contributed by atoms with Crippen molar-refractivity contribution in [2.24, 2.45) is 5.92 Å². The molecule has 2 aromatic carbocycles. The molecule has 2 rings (SSSR count). The SMILES string of the molecule is CC(C)Cc1cc(F)cc(Cc2c(N)c(=O)c2=O)c1. The van der Waals surface area contributed by atoms with E-state index < -0.39 is 10.9 Å². The third-order valence-corrected chi connectivity index (χ3v) is 3.09. The molecule has 4 heteroatoms.